The minimum atomic E-state index is -1.62. The van der Waals surface area contributed by atoms with Crippen molar-refractivity contribution in [3.8, 4) is 0 Å². The number of ether oxygens (including phenoxy) is 4. The van der Waals surface area contributed by atoms with Gasteiger partial charge in [0.05, 0.1) is 40.3 Å². The van der Waals surface area contributed by atoms with E-state index in [2.05, 4.69) is 74.6 Å². The van der Waals surface area contributed by atoms with Crippen LogP contribution in [0.1, 0.15) is 271 Å². The zero-order valence-corrected chi connectivity index (χ0v) is 48.3. The molecule has 0 fully saturated rings. The van der Waals surface area contributed by atoms with E-state index in [0.717, 1.165) is 64.2 Å². The van der Waals surface area contributed by atoms with Crippen LogP contribution < -0.4 is 5.11 Å². The SMILES string of the molecule is CC/C=C\C/C=C\C/C=C\C/C=C\CCCCCCCCCCCCCCCCCCCCC(=O)OC(COC(=O)CCCCCCCCC/C=C\CCCCCCCC)COC(OCC[N+](C)(C)C)C(=O)[O-]. The number of allylic oxidation sites excluding steroid dienone is 10. The summed E-state index contributed by atoms with van der Waals surface area (Å²) in [5.74, 6) is -2.28. The van der Waals surface area contributed by atoms with E-state index < -0.39 is 24.3 Å². The maximum atomic E-state index is 12.9. The van der Waals surface area contributed by atoms with Crippen LogP contribution in [-0.2, 0) is 33.3 Å². The van der Waals surface area contributed by atoms with E-state index in [-0.39, 0.29) is 38.6 Å². The lowest BCUT2D eigenvalue weighted by Crippen LogP contribution is -2.44. The van der Waals surface area contributed by atoms with Crippen molar-refractivity contribution >= 4 is 17.9 Å². The van der Waals surface area contributed by atoms with E-state index in [0.29, 0.717) is 17.4 Å². The molecule has 9 nitrogen and oxygen atoms in total. The van der Waals surface area contributed by atoms with Gasteiger partial charge in [0.15, 0.2) is 12.4 Å². The molecule has 2 unspecified atom stereocenters. The molecule has 9 heteroatoms. The van der Waals surface area contributed by atoms with Crippen molar-refractivity contribution in [1.82, 2.24) is 0 Å². The van der Waals surface area contributed by atoms with E-state index in [1.54, 1.807) is 0 Å². The molecular weight excluding hydrogens is 911 g/mol. The molecule has 0 N–H and O–H groups in total. The molecule has 0 rings (SSSR count). The molecule has 0 radical (unpaired) electrons. The number of carboxylic acids is 1. The minimum absolute atomic E-state index is 0.147. The van der Waals surface area contributed by atoms with Crippen LogP contribution in [0, 0.1) is 0 Å². The number of likely N-dealkylation sites (N-methyl/N-ethyl adjacent to an activating group) is 1. The summed E-state index contributed by atoms with van der Waals surface area (Å²) in [7, 11) is 5.93. The molecular formula is C64H115NO8. The van der Waals surface area contributed by atoms with Gasteiger partial charge in [-0.15, -0.1) is 0 Å². The lowest BCUT2D eigenvalue weighted by Gasteiger charge is -2.26. The second-order valence-electron chi connectivity index (χ2n) is 21.6. The maximum Gasteiger partial charge on any atom is 0.306 e. The number of hydrogen-bond donors (Lipinski definition) is 0. The fourth-order valence-corrected chi connectivity index (χ4v) is 8.58. The number of hydrogen-bond acceptors (Lipinski definition) is 8. The van der Waals surface area contributed by atoms with Crippen LogP contribution >= 0.6 is 0 Å². The van der Waals surface area contributed by atoms with E-state index in [1.165, 1.54) is 173 Å². The Morgan fingerprint density at radius 2 is 0.781 bits per heavy atom. The average Bonchev–Trinajstić information content (AvgIpc) is 3.36. The van der Waals surface area contributed by atoms with Crippen LogP contribution in [0.2, 0.25) is 0 Å². The van der Waals surface area contributed by atoms with Gasteiger partial charge in [-0.2, -0.15) is 0 Å². The fraction of sp³-hybridized carbons (Fsp3) is 0.797. The number of unbranched alkanes of at least 4 members (excludes halogenated alkanes) is 31. The first-order chi connectivity index (χ1) is 35.6. The molecule has 2 atom stereocenters. The number of esters is 2. The van der Waals surface area contributed by atoms with Crippen molar-refractivity contribution in [2.24, 2.45) is 0 Å². The second-order valence-corrected chi connectivity index (χ2v) is 21.6. The predicted octanol–water partition coefficient (Wildman–Crippen LogP) is 16.7. The lowest BCUT2D eigenvalue weighted by atomic mass is 10.0. The van der Waals surface area contributed by atoms with Gasteiger partial charge in [0.1, 0.15) is 13.2 Å². The van der Waals surface area contributed by atoms with Gasteiger partial charge in [-0.05, 0) is 77.0 Å². The summed E-state index contributed by atoms with van der Waals surface area (Å²) in [6.45, 7) is 4.65. The first kappa shape index (κ1) is 70.0. The van der Waals surface area contributed by atoms with Crippen LogP contribution in [-0.4, -0.2) is 82.3 Å². The molecule has 0 bridgehead atoms. The van der Waals surface area contributed by atoms with Crippen LogP contribution in [0.4, 0.5) is 0 Å². The lowest BCUT2D eigenvalue weighted by molar-refractivity contribution is -0.870. The monoisotopic (exact) mass is 1030 g/mol. The predicted molar refractivity (Wildman–Crippen MR) is 306 cm³/mol. The Labute approximate surface area is 450 Å². The third kappa shape index (κ3) is 56.6. The zero-order valence-electron chi connectivity index (χ0n) is 48.3. The van der Waals surface area contributed by atoms with Crippen molar-refractivity contribution in [2.45, 2.75) is 283 Å². The first-order valence-corrected chi connectivity index (χ1v) is 30.4. The van der Waals surface area contributed by atoms with Crippen molar-refractivity contribution in [3.63, 3.8) is 0 Å². The van der Waals surface area contributed by atoms with Crippen molar-refractivity contribution in [2.75, 3.05) is 47.5 Å². The van der Waals surface area contributed by atoms with E-state index >= 15 is 0 Å². The largest absolute Gasteiger partial charge is 0.545 e. The number of rotatable bonds is 56. The molecule has 0 aliphatic carbocycles. The summed E-state index contributed by atoms with van der Waals surface area (Å²) >= 11 is 0. The van der Waals surface area contributed by atoms with Gasteiger partial charge in [-0.25, -0.2) is 0 Å². The van der Waals surface area contributed by atoms with Gasteiger partial charge in [0.2, 0.25) is 0 Å². The van der Waals surface area contributed by atoms with Crippen LogP contribution in [0.25, 0.3) is 0 Å². The summed E-state index contributed by atoms with van der Waals surface area (Å²) in [5.41, 5.74) is 0. The van der Waals surface area contributed by atoms with Crippen molar-refractivity contribution < 1.29 is 42.9 Å². The summed E-state index contributed by atoms with van der Waals surface area (Å²) < 4.78 is 22.7. The van der Waals surface area contributed by atoms with Crippen molar-refractivity contribution in [3.05, 3.63) is 60.8 Å². The number of carboxylic acid groups (broad SMARTS) is 1. The number of aliphatic carboxylic acids is 1. The molecule has 0 aliphatic heterocycles. The summed E-state index contributed by atoms with van der Waals surface area (Å²) in [6, 6.07) is 0. The van der Waals surface area contributed by atoms with E-state index in [4.69, 9.17) is 18.9 Å². The maximum absolute atomic E-state index is 12.9. The average molecular weight is 1030 g/mol. The molecule has 0 aromatic heterocycles. The first-order valence-electron chi connectivity index (χ1n) is 30.4. The third-order valence-electron chi connectivity index (χ3n) is 13.2. The van der Waals surface area contributed by atoms with Crippen LogP contribution in [0.3, 0.4) is 0 Å². The summed E-state index contributed by atoms with van der Waals surface area (Å²) in [4.78, 5) is 37.3. The molecule has 0 spiro atoms. The standard InChI is InChI=1S/C64H115NO8/c1-6-8-10-12-14-16-18-20-22-24-25-26-27-28-29-30-31-32-33-34-35-36-37-39-41-43-45-47-49-51-53-55-62(67)73-60(59-72-64(63(68)69)70-57-56-65(3,4)5)58-71-61(66)54-52-50-48-46-44-42-40-38-23-21-19-17-15-13-11-9-7-2/h8,10,14,16,20-23,25-26,60,64H,6-7,9,11-13,15,17-19,24,27-59H2,1-5H3/b10-8-,16-14-,22-20-,23-21-,26-25-. The van der Waals surface area contributed by atoms with E-state index in [1.807, 2.05) is 21.1 Å². The normalized spacial score (nSPS) is 13.2. The number of carbonyl (C=O) groups is 3. The summed E-state index contributed by atoms with van der Waals surface area (Å²) in [6.07, 6.45) is 67.1. The quantitative estimate of drug-likeness (QED) is 0.0195. The van der Waals surface area contributed by atoms with Gasteiger partial charge in [0, 0.05) is 12.8 Å². The minimum Gasteiger partial charge on any atom is -0.545 e. The molecule has 0 amide bonds. The Bertz CT molecular complexity index is 1380. The molecule has 0 aromatic carbocycles. The molecule has 424 valence electrons. The highest BCUT2D eigenvalue weighted by molar-refractivity contribution is 5.70. The smallest absolute Gasteiger partial charge is 0.306 e. The Morgan fingerprint density at radius 1 is 0.425 bits per heavy atom. The highest BCUT2D eigenvalue weighted by Gasteiger charge is 2.22. The molecule has 0 saturated heterocycles. The Hall–Kier alpha value is -3.01. The van der Waals surface area contributed by atoms with Gasteiger partial charge < -0.3 is 33.3 Å². The van der Waals surface area contributed by atoms with Gasteiger partial charge >= 0.3 is 11.9 Å². The number of quaternary nitrogens is 1. The molecule has 0 heterocycles. The second kappa shape index (κ2) is 55.2. The fourth-order valence-electron chi connectivity index (χ4n) is 8.58. The highest BCUT2D eigenvalue weighted by atomic mass is 16.7. The Morgan fingerprint density at radius 3 is 1.18 bits per heavy atom. The highest BCUT2D eigenvalue weighted by Crippen LogP contribution is 2.17. The zero-order chi connectivity index (χ0) is 53.4. The Kier molecular flexibility index (Phi) is 53.0. The Balaban J connectivity index is 4.13. The van der Waals surface area contributed by atoms with Gasteiger partial charge in [-0.3, -0.25) is 9.59 Å². The van der Waals surface area contributed by atoms with E-state index in [9.17, 15) is 19.5 Å². The van der Waals surface area contributed by atoms with Crippen LogP contribution in [0.5, 0.6) is 0 Å². The van der Waals surface area contributed by atoms with Crippen LogP contribution in [0.15, 0.2) is 60.8 Å². The molecule has 0 saturated carbocycles. The van der Waals surface area contributed by atoms with Gasteiger partial charge in [-0.1, -0.05) is 242 Å². The topological polar surface area (TPSA) is 111 Å². The van der Waals surface area contributed by atoms with Gasteiger partial charge in [0.25, 0.3) is 0 Å². The number of carbonyl (C=O) groups excluding carboxylic acids is 3. The molecule has 0 aromatic rings. The molecule has 0 aliphatic rings. The molecule has 73 heavy (non-hydrogen) atoms. The summed E-state index contributed by atoms with van der Waals surface area (Å²) in [5, 5.41) is 11.8. The number of nitrogens with zero attached hydrogens (tertiary/aromatic N) is 1. The third-order valence-corrected chi connectivity index (χ3v) is 13.2. The van der Waals surface area contributed by atoms with Crippen molar-refractivity contribution in [1.29, 1.82) is 0 Å².